The van der Waals surface area contributed by atoms with Gasteiger partial charge in [-0.25, -0.2) is 13.1 Å². The molecule has 2 N–H and O–H groups in total. The normalized spacial score (nSPS) is 12.5. The Kier molecular flexibility index (Phi) is 6.44. The van der Waals surface area contributed by atoms with Crippen LogP contribution in [0, 0.1) is 6.92 Å². The predicted molar refractivity (Wildman–Crippen MR) is 132 cm³/mol. The largest absolute Gasteiger partial charge is 0.307 e. The number of nitrogens with one attached hydrogen (secondary N) is 2. The third-order valence-electron chi connectivity index (χ3n) is 5.17. The number of nitrogens with zero attached hydrogens (tertiary/aromatic N) is 2. The van der Waals surface area contributed by atoms with Crippen molar-refractivity contribution in [2.45, 2.75) is 64.3 Å². The summed E-state index contributed by atoms with van der Waals surface area (Å²) in [6, 6.07) is 14.9. The molecule has 0 atom stereocenters. The molecule has 1 heterocycles. The summed E-state index contributed by atoms with van der Waals surface area (Å²) in [5.74, 6) is 0.256. The minimum absolute atomic E-state index is 0.0806. The molecular weight excluding hydrogens is 436 g/mol. The SMILES string of the molecule is Cc1ccccc1NS(=O)(=O)c1ccc(C(=O)Nc2cc(C(C)(C)C)nn2C(C)(C)C)cc1. The molecule has 0 radical (unpaired) electrons. The molecule has 0 unspecified atom stereocenters. The summed E-state index contributed by atoms with van der Waals surface area (Å²) in [6.07, 6.45) is 0. The van der Waals surface area contributed by atoms with Crippen LogP contribution in [0.15, 0.2) is 59.5 Å². The van der Waals surface area contributed by atoms with Crippen molar-refractivity contribution in [2.24, 2.45) is 0 Å². The first-order valence-corrected chi connectivity index (χ1v) is 12.3. The topological polar surface area (TPSA) is 93.1 Å². The Morgan fingerprint density at radius 1 is 0.939 bits per heavy atom. The monoisotopic (exact) mass is 468 g/mol. The van der Waals surface area contributed by atoms with Gasteiger partial charge in [0.25, 0.3) is 15.9 Å². The number of aryl methyl sites for hydroxylation is 1. The lowest BCUT2D eigenvalue weighted by atomic mass is 9.92. The first-order chi connectivity index (χ1) is 15.2. The van der Waals surface area contributed by atoms with E-state index in [1.165, 1.54) is 24.3 Å². The molecule has 0 aliphatic carbocycles. The molecule has 0 saturated carbocycles. The van der Waals surface area contributed by atoms with E-state index >= 15 is 0 Å². The van der Waals surface area contributed by atoms with Crippen LogP contribution >= 0.6 is 0 Å². The number of hydrogen-bond acceptors (Lipinski definition) is 4. The van der Waals surface area contributed by atoms with Crippen molar-refractivity contribution in [1.82, 2.24) is 9.78 Å². The molecule has 0 spiro atoms. The summed E-state index contributed by atoms with van der Waals surface area (Å²) in [6.45, 7) is 14.1. The van der Waals surface area contributed by atoms with E-state index in [4.69, 9.17) is 5.10 Å². The minimum Gasteiger partial charge on any atom is -0.307 e. The van der Waals surface area contributed by atoms with Gasteiger partial charge in [0, 0.05) is 17.0 Å². The molecule has 176 valence electrons. The summed E-state index contributed by atoms with van der Waals surface area (Å²) in [7, 11) is -3.77. The second-order valence-corrected chi connectivity index (χ2v) is 11.8. The van der Waals surface area contributed by atoms with Gasteiger partial charge in [-0.1, -0.05) is 39.0 Å². The first-order valence-electron chi connectivity index (χ1n) is 10.8. The average molecular weight is 469 g/mol. The van der Waals surface area contributed by atoms with E-state index in [-0.39, 0.29) is 21.8 Å². The van der Waals surface area contributed by atoms with Gasteiger partial charge in [0.05, 0.1) is 21.8 Å². The molecule has 8 heteroatoms. The number of anilines is 2. The molecule has 1 amide bonds. The molecule has 0 saturated heterocycles. The van der Waals surface area contributed by atoms with Crippen molar-refractivity contribution in [1.29, 1.82) is 0 Å². The molecule has 0 fully saturated rings. The fourth-order valence-corrected chi connectivity index (χ4v) is 4.34. The molecule has 0 aliphatic heterocycles. The van der Waals surface area contributed by atoms with E-state index in [0.717, 1.165) is 11.3 Å². The number of carbonyl (C=O) groups excluding carboxylic acids is 1. The van der Waals surface area contributed by atoms with Crippen LogP contribution in [0.4, 0.5) is 11.5 Å². The minimum atomic E-state index is -3.77. The quantitative estimate of drug-likeness (QED) is 0.532. The van der Waals surface area contributed by atoms with Crippen molar-refractivity contribution in [3.63, 3.8) is 0 Å². The molecule has 3 aromatic rings. The molecule has 2 aromatic carbocycles. The van der Waals surface area contributed by atoms with Crippen molar-refractivity contribution in [3.8, 4) is 0 Å². The number of hydrogen-bond donors (Lipinski definition) is 2. The average Bonchev–Trinajstić information content (AvgIpc) is 3.14. The highest BCUT2D eigenvalue weighted by Crippen LogP contribution is 2.28. The van der Waals surface area contributed by atoms with Gasteiger partial charge in [-0.3, -0.25) is 9.52 Å². The second kappa shape index (κ2) is 8.67. The second-order valence-electron chi connectivity index (χ2n) is 10.1. The third-order valence-corrected chi connectivity index (χ3v) is 6.55. The van der Waals surface area contributed by atoms with Crippen LogP contribution in [0.5, 0.6) is 0 Å². The van der Waals surface area contributed by atoms with Gasteiger partial charge >= 0.3 is 0 Å². The standard InChI is InChI=1S/C25H32N4O3S/c1-17-10-8-9-11-20(17)28-33(31,32)19-14-12-18(13-15-19)23(30)26-22-16-21(24(2,3)4)27-29(22)25(5,6)7/h8-16,28H,1-7H3,(H,26,30). The van der Waals surface area contributed by atoms with Crippen LogP contribution in [0.2, 0.25) is 0 Å². The number of para-hydroxylation sites is 1. The fourth-order valence-electron chi connectivity index (χ4n) is 3.21. The van der Waals surface area contributed by atoms with E-state index in [1.807, 2.05) is 45.9 Å². The van der Waals surface area contributed by atoms with Crippen LogP contribution in [0.3, 0.4) is 0 Å². The highest BCUT2D eigenvalue weighted by atomic mass is 32.2. The predicted octanol–water partition coefficient (Wildman–Crippen LogP) is 5.30. The lowest BCUT2D eigenvalue weighted by Gasteiger charge is -2.23. The molecule has 33 heavy (non-hydrogen) atoms. The smallest absolute Gasteiger partial charge is 0.261 e. The maximum absolute atomic E-state index is 12.9. The van der Waals surface area contributed by atoms with Crippen LogP contribution < -0.4 is 10.0 Å². The summed E-state index contributed by atoms with van der Waals surface area (Å²) < 4.78 is 29.9. The molecule has 0 aliphatic rings. The van der Waals surface area contributed by atoms with Crippen molar-refractivity contribution in [2.75, 3.05) is 10.0 Å². The van der Waals surface area contributed by atoms with Crippen LogP contribution in [0.1, 0.15) is 63.2 Å². The first kappa shape index (κ1) is 24.5. The maximum atomic E-state index is 12.9. The number of rotatable bonds is 5. The van der Waals surface area contributed by atoms with Crippen molar-refractivity contribution < 1.29 is 13.2 Å². The van der Waals surface area contributed by atoms with E-state index in [0.29, 0.717) is 17.1 Å². The zero-order valence-corrected chi connectivity index (χ0v) is 21.0. The van der Waals surface area contributed by atoms with Crippen molar-refractivity contribution >= 4 is 27.4 Å². The fraction of sp³-hybridized carbons (Fsp3) is 0.360. The van der Waals surface area contributed by atoms with Gasteiger partial charge in [-0.15, -0.1) is 0 Å². The Labute approximate surface area is 196 Å². The zero-order valence-electron chi connectivity index (χ0n) is 20.2. The summed E-state index contributed by atoms with van der Waals surface area (Å²) in [4.78, 5) is 13.0. The number of carbonyl (C=O) groups is 1. The number of aromatic nitrogens is 2. The lowest BCUT2D eigenvalue weighted by molar-refractivity contribution is 0.102. The molecule has 3 rings (SSSR count). The highest BCUT2D eigenvalue weighted by molar-refractivity contribution is 7.92. The molecule has 1 aromatic heterocycles. The summed E-state index contributed by atoms with van der Waals surface area (Å²) >= 11 is 0. The number of benzene rings is 2. The number of amides is 1. The van der Waals surface area contributed by atoms with E-state index in [1.54, 1.807) is 16.8 Å². The van der Waals surface area contributed by atoms with E-state index in [2.05, 4.69) is 30.8 Å². The van der Waals surface area contributed by atoms with Gasteiger partial charge in [-0.05, 0) is 63.6 Å². The molecule has 0 bridgehead atoms. The molecular formula is C25H32N4O3S. The lowest BCUT2D eigenvalue weighted by Crippen LogP contribution is -2.27. The van der Waals surface area contributed by atoms with Gasteiger partial charge in [0.15, 0.2) is 0 Å². The van der Waals surface area contributed by atoms with E-state index in [9.17, 15) is 13.2 Å². The van der Waals surface area contributed by atoms with Crippen LogP contribution in [-0.4, -0.2) is 24.1 Å². The zero-order chi connectivity index (χ0) is 24.6. The van der Waals surface area contributed by atoms with Crippen LogP contribution in [0.25, 0.3) is 0 Å². The van der Waals surface area contributed by atoms with Crippen molar-refractivity contribution in [3.05, 3.63) is 71.4 Å². The van der Waals surface area contributed by atoms with E-state index < -0.39 is 10.0 Å². The van der Waals surface area contributed by atoms with Crippen LogP contribution in [-0.2, 0) is 21.0 Å². The Morgan fingerprint density at radius 2 is 1.55 bits per heavy atom. The Balaban J connectivity index is 1.83. The Hall–Kier alpha value is -3.13. The van der Waals surface area contributed by atoms with Gasteiger partial charge < -0.3 is 5.32 Å². The number of sulfonamides is 1. The summed E-state index contributed by atoms with van der Waals surface area (Å²) in [5.41, 5.74) is 2.06. The highest BCUT2D eigenvalue weighted by Gasteiger charge is 2.26. The van der Waals surface area contributed by atoms with Gasteiger partial charge in [0.1, 0.15) is 5.82 Å². The van der Waals surface area contributed by atoms with Gasteiger partial charge in [-0.2, -0.15) is 5.10 Å². The third kappa shape index (κ3) is 5.63. The van der Waals surface area contributed by atoms with Gasteiger partial charge in [0.2, 0.25) is 0 Å². The maximum Gasteiger partial charge on any atom is 0.261 e. The summed E-state index contributed by atoms with van der Waals surface area (Å²) in [5, 5.41) is 7.64. The Bertz CT molecular complexity index is 1260. The Morgan fingerprint density at radius 3 is 2.09 bits per heavy atom. The molecule has 7 nitrogen and oxygen atoms in total.